The van der Waals surface area contributed by atoms with Gasteiger partial charge in [-0.3, -0.25) is 0 Å². The maximum atomic E-state index is 12.9. The van der Waals surface area contributed by atoms with Gasteiger partial charge in [0.25, 0.3) is 0 Å². The van der Waals surface area contributed by atoms with Crippen molar-refractivity contribution in [2.24, 2.45) is 0 Å². The molecule has 0 unspecified atom stereocenters. The maximum absolute atomic E-state index is 12.9. The van der Waals surface area contributed by atoms with E-state index in [0.717, 1.165) is 11.3 Å². The third-order valence-electron chi connectivity index (χ3n) is 1.98. The van der Waals surface area contributed by atoms with Crippen LogP contribution < -0.4 is 5.32 Å². The van der Waals surface area contributed by atoms with Gasteiger partial charge in [0.1, 0.15) is 5.82 Å². The third-order valence-corrected chi connectivity index (χ3v) is 2.14. The van der Waals surface area contributed by atoms with E-state index in [1.165, 1.54) is 18.3 Å². The molecule has 0 saturated carbocycles. The molecule has 4 nitrogen and oxygen atoms in total. The lowest BCUT2D eigenvalue weighted by atomic mass is 10.2. The summed E-state index contributed by atoms with van der Waals surface area (Å²) in [6.45, 7) is 1.79. The molecule has 82 valence electrons. The Hall–Kier alpha value is -1.75. The average Bonchev–Trinajstić information content (AvgIpc) is 2.22. The summed E-state index contributed by atoms with van der Waals surface area (Å²) in [7, 11) is 0. The molecule has 6 heteroatoms. The first-order chi connectivity index (χ1) is 7.65. The Labute approximate surface area is 96.5 Å². The minimum atomic E-state index is -0.276. The minimum absolute atomic E-state index is 0.0600. The molecule has 1 aromatic heterocycles. The number of benzene rings is 1. The molecule has 0 saturated heterocycles. The SMILES string of the molecule is Cc1cc(F)ccc1Nc1cnnc(Cl)n1. The fraction of sp³-hybridized carbons (Fsp3) is 0.100. The van der Waals surface area contributed by atoms with Crippen molar-refractivity contribution in [3.8, 4) is 0 Å². The Morgan fingerprint density at radius 1 is 1.38 bits per heavy atom. The third kappa shape index (κ3) is 2.43. The Balaban J connectivity index is 2.27. The highest BCUT2D eigenvalue weighted by Gasteiger charge is 2.02. The number of rotatable bonds is 2. The van der Waals surface area contributed by atoms with Gasteiger partial charge in [0.05, 0.1) is 6.20 Å². The van der Waals surface area contributed by atoms with Crippen molar-refractivity contribution in [1.29, 1.82) is 0 Å². The van der Waals surface area contributed by atoms with Gasteiger partial charge in [0.2, 0.25) is 5.28 Å². The summed E-state index contributed by atoms with van der Waals surface area (Å²) in [5.74, 6) is 0.191. The summed E-state index contributed by atoms with van der Waals surface area (Å²) in [6, 6.07) is 4.42. The molecule has 0 fully saturated rings. The number of aryl methyl sites for hydroxylation is 1. The zero-order chi connectivity index (χ0) is 11.5. The summed E-state index contributed by atoms with van der Waals surface area (Å²) in [4.78, 5) is 3.92. The number of hydrogen-bond acceptors (Lipinski definition) is 4. The number of nitrogens with zero attached hydrogens (tertiary/aromatic N) is 3. The molecule has 0 radical (unpaired) electrons. The van der Waals surface area contributed by atoms with Crippen LogP contribution in [-0.4, -0.2) is 15.2 Å². The number of halogens is 2. The van der Waals surface area contributed by atoms with Gasteiger partial charge in [0.15, 0.2) is 5.82 Å². The molecular formula is C10H8ClFN4. The van der Waals surface area contributed by atoms with Crippen molar-refractivity contribution in [2.45, 2.75) is 6.92 Å². The van der Waals surface area contributed by atoms with Crippen LogP contribution in [0.3, 0.4) is 0 Å². The van der Waals surface area contributed by atoms with Crippen LogP contribution in [0.15, 0.2) is 24.4 Å². The summed E-state index contributed by atoms with van der Waals surface area (Å²) < 4.78 is 12.9. The van der Waals surface area contributed by atoms with Crippen molar-refractivity contribution in [3.05, 3.63) is 41.1 Å². The average molecular weight is 239 g/mol. The molecule has 1 heterocycles. The highest BCUT2D eigenvalue weighted by Crippen LogP contribution is 2.19. The van der Waals surface area contributed by atoms with E-state index in [2.05, 4.69) is 20.5 Å². The van der Waals surface area contributed by atoms with Crippen LogP contribution in [0.25, 0.3) is 0 Å². The number of aromatic nitrogens is 3. The van der Waals surface area contributed by atoms with E-state index in [9.17, 15) is 4.39 Å². The first-order valence-electron chi connectivity index (χ1n) is 4.53. The predicted octanol–water partition coefficient (Wildman–Crippen LogP) is 2.72. The molecule has 0 aliphatic rings. The first-order valence-corrected chi connectivity index (χ1v) is 4.91. The van der Waals surface area contributed by atoms with Crippen molar-refractivity contribution in [1.82, 2.24) is 15.2 Å². The van der Waals surface area contributed by atoms with E-state index in [-0.39, 0.29) is 11.1 Å². The van der Waals surface area contributed by atoms with Crippen molar-refractivity contribution < 1.29 is 4.39 Å². The first kappa shape index (κ1) is 10.8. The molecule has 0 bridgehead atoms. The van der Waals surface area contributed by atoms with Crippen LogP contribution in [0.2, 0.25) is 5.28 Å². The van der Waals surface area contributed by atoms with Crippen molar-refractivity contribution in [3.63, 3.8) is 0 Å². The molecule has 2 rings (SSSR count). The van der Waals surface area contributed by atoms with E-state index < -0.39 is 0 Å². The highest BCUT2D eigenvalue weighted by molar-refractivity contribution is 6.28. The van der Waals surface area contributed by atoms with Crippen LogP contribution in [0.4, 0.5) is 15.9 Å². The number of nitrogens with one attached hydrogen (secondary N) is 1. The molecule has 1 aromatic carbocycles. The lowest BCUT2D eigenvalue weighted by Crippen LogP contribution is -1.98. The van der Waals surface area contributed by atoms with E-state index in [4.69, 9.17) is 11.6 Å². The van der Waals surface area contributed by atoms with Crippen LogP contribution >= 0.6 is 11.6 Å². The van der Waals surface area contributed by atoms with Crippen molar-refractivity contribution in [2.75, 3.05) is 5.32 Å². The van der Waals surface area contributed by atoms with Crippen LogP contribution in [0, 0.1) is 12.7 Å². The Morgan fingerprint density at radius 2 is 2.19 bits per heavy atom. The van der Waals surface area contributed by atoms with Gasteiger partial charge in [0, 0.05) is 5.69 Å². The lowest BCUT2D eigenvalue weighted by Gasteiger charge is -2.07. The summed E-state index contributed by atoms with van der Waals surface area (Å²) in [5, 5.41) is 10.2. The van der Waals surface area contributed by atoms with E-state index in [1.807, 2.05) is 0 Å². The second-order valence-electron chi connectivity index (χ2n) is 3.19. The standard InChI is InChI=1S/C10H8ClFN4/c1-6-4-7(12)2-3-8(6)14-9-5-13-16-10(11)15-9/h2-5H,1H3,(H,14,15,16). The van der Waals surface area contributed by atoms with Crippen LogP contribution in [-0.2, 0) is 0 Å². The molecule has 2 aromatic rings. The van der Waals surface area contributed by atoms with Crippen LogP contribution in [0.1, 0.15) is 5.56 Å². The molecule has 16 heavy (non-hydrogen) atoms. The van der Waals surface area contributed by atoms with E-state index in [1.54, 1.807) is 13.0 Å². The van der Waals surface area contributed by atoms with Gasteiger partial charge < -0.3 is 5.32 Å². The monoisotopic (exact) mass is 238 g/mol. The number of hydrogen-bond donors (Lipinski definition) is 1. The normalized spacial score (nSPS) is 10.2. The molecule has 0 amide bonds. The maximum Gasteiger partial charge on any atom is 0.244 e. The van der Waals surface area contributed by atoms with Crippen molar-refractivity contribution >= 4 is 23.1 Å². The predicted molar refractivity (Wildman–Crippen MR) is 59.3 cm³/mol. The molecule has 0 aliphatic carbocycles. The molecular weight excluding hydrogens is 231 g/mol. The molecule has 1 N–H and O–H groups in total. The number of anilines is 2. The van der Waals surface area contributed by atoms with Gasteiger partial charge in [-0.15, -0.1) is 5.10 Å². The molecule has 0 spiro atoms. The van der Waals surface area contributed by atoms with Gasteiger partial charge in [-0.1, -0.05) is 0 Å². The fourth-order valence-electron chi connectivity index (χ4n) is 1.25. The zero-order valence-electron chi connectivity index (χ0n) is 8.41. The molecule has 0 aliphatic heterocycles. The van der Waals surface area contributed by atoms with Crippen LogP contribution in [0.5, 0.6) is 0 Å². The summed E-state index contributed by atoms with van der Waals surface area (Å²) in [5.41, 5.74) is 1.52. The van der Waals surface area contributed by atoms with Gasteiger partial charge >= 0.3 is 0 Å². The minimum Gasteiger partial charge on any atom is -0.339 e. The fourth-order valence-corrected chi connectivity index (χ4v) is 1.38. The molecule has 0 atom stereocenters. The highest BCUT2D eigenvalue weighted by atomic mass is 35.5. The topological polar surface area (TPSA) is 50.7 Å². The largest absolute Gasteiger partial charge is 0.339 e. The smallest absolute Gasteiger partial charge is 0.244 e. The van der Waals surface area contributed by atoms with E-state index >= 15 is 0 Å². The van der Waals surface area contributed by atoms with Gasteiger partial charge in [-0.2, -0.15) is 10.1 Å². The Morgan fingerprint density at radius 3 is 2.88 bits per heavy atom. The van der Waals surface area contributed by atoms with Gasteiger partial charge in [-0.05, 0) is 42.3 Å². The second kappa shape index (κ2) is 4.40. The lowest BCUT2D eigenvalue weighted by molar-refractivity contribution is 0.627. The summed E-state index contributed by atoms with van der Waals surface area (Å²) >= 11 is 5.59. The summed E-state index contributed by atoms with van der Waals surface area (Å²) in [6.07, 6.45) is 1.44. The van der Waals surface area contributed by atoms with Gasteiger partial charge in [-0.25, -0.2) is 4.39 Å². The Bertz CT molecular complexity index is 518. The van der Waals surface area contributed by atoms with E-state index in [0.29, 0.717) is 5.82 Å². The Kier molecular flexibility index (Phi) is 2.96. The quantitative estimate of drug-likeness (QED) is 0.874. The second-order valence-corrected chi connectivity index (χ2v) is 3.53. The zero-order valence-corrected chi connectivity index (χ0v) is 9.16.